The van der Waals surface area contributed by atoms with E-state index in [0.717, 1.165) is 5.56 Å². The number of aromatic nitrogens is 1. The normalized spacial score (nSPS) is 13.3. The molecule has 6 N–H and O–H groups in total. The molecule has 2 aromatic rings. The highest BCUT2D eigenvalue weighted by molar-refractivity contribution is 5.99. The number of hydrogen-bond donors (Lipinski definition) is 4. The zero-order valence-corrected chi connectivity index (χ0v) is 10.4. The Hall–Kier alpha value is -2.96. The zero-order chi connectivity index (χ0) is 14.3. The van der Waals surface area contributed by atoms with Gasteiger partial charge in [0.1, 0.15) is 11.6 Å². The summed E-state index contributed by atoms with van der Waals surface area (Å²) in [6, 6.07) is 6.85. The number of anilines is 2. The van der Waals surface area contributed by atoms with Crippen LogP contribution < -0.4 is 21.5 Å². The molecule has 1 aromatic carbocycles. The molecule has 7 nitrogen and oxygen atoms in total. The third-order valence-electron chi connectivity index (χ3n) is 3.04. The van der Waals surface area contributed by atoms with Crippen LogP contribution in [0.4, 0.5) is 11.5 Å². The smallest absolute Gasteiger partial charge is 0.262 e. The van der Waals surface area contributed by atoms with Crippen LogP contribution in [-0.4, -0.2) is 23.4 Å². The Balaban J connectivity index is 2.03. The van der Waals surface area contributed by atoms with Crippen LogP contribution in [0.5, 0.6) is 5.75 Å². The average molecular weight is 272 g/mol. The van der Waals surface area contributed by atoms with E-state index in [2.05, 4.69) is 10.3 Å². The molecule has 0 atom stereocenters. The fraction of sp³-hybridized carbons (Fsp3) is 0.0769. The van der Waals surface area contributed by atoms with E-state index in [9.17, 15) is 9.59 Å². The number of nitrogens with two attached hydrogens (primary N) is 2. The lowest BCUT2D eigenvalue weighted by Gasteiger charge is -2.18. The SMILES string of the molecule is NC(=O)c1cc(-c2ccc3c(c2)NC(=O)CO3)[nH]c1N. The lowest BCUT2D eigenvalue weighted by Crippen LogP contribution is -2.25. The van der Waals surface area contributed by atoms with E-state index in [0.29, 0.717) is 17.1 Å². The standard InChI is InChI=1S/C13H12N4O3/c14-12-7(13(15)19)4-8(17-12)6-1-2-10-9(3-6)16-11(18)5-20-10/h1-4,17H,5,14H2,(H2,15,19)(H,16,18). The lowest BCUT2D eigenvalue weighted by molar-refractivity contribution is -0.118. The van der Waals surface area contributed by atoms with E-state index < -0.39 is 5.91 Å². The van der Waals surface area contributed by atoms with Gasteiger partial charge in [0.05, 0.1) is 11.3 Å². The van der Waals surface area contributed by atoms with Crippen LogP contribution in [0.15, 0.2) is 24.3 Å². The van der Waals surface area contributed by atoms with Gasteiger partial charge in [0.15, 0.2) is 6.61 Å². The van der Waals surface area contributed by atoms with E-state index in [1.807, 2.05) is 0 Å². The van der Waals surface area contributed by atoms with Gasteiger partial charge in [0, 0.05) is 11.3 Å². The molecule has 7 heteroatoms. The predicted octanol–water partition coefficient (Wildman–Crippen LogP) is 0.694. The molecule has 0 radical (unpaired) electrons. The number of carbonyl (C=O) groups excluding carboxylic acids is 2. The molecule has 1 aliphatic heterocycles. The van der Waals surface area contributed by atoms with Gasteiger partial charge in [-0.05, 0) is 24.3 Å². The van der Waals surface area contributed by atoms with E-state index >= 15 is 0 Å². The maximum atomic E-state index is 11.3. The second-order valence-corrected chi connectivity index (χ2v) is 4.42. The van der Waals surface area contributed by atoms with Crippen molar-refractivity contribution >= 4 is 23.3 Å². The summed E-state index contributed by atoms with van der Waals surface area (Å²) >= 11 is 0. The first-order valence-electron chi connectivity index (χ1n) is 5.90. The van der Waals surface area contributed by atoms with Crippen molar-refractivity contribution in [2.75, 3.05) is 17.7 Å². The van der Waals surface area contributed by atoms with Crippen molar-refractivity contribution in [3.05, 3.63) is 29.8 Å². The van der Waals surface area contributed by atoms with Gasteiger partial charge in [0.2, 0.25) is 0 Å². The van der Waals surface area contributed by atoms with E-state index in [1.54, 1.807) is 24.3 Å². The molecule has 1 aliphatic rings. The molecule has 0 spiro atoms. The van der Waals surface area contributed by atoms with E-state index in [1.165, 1.54) is 0 Å². The highest BCUT2D eigenvalue weighted by atomic mass is 16.5. The summed E-state index contributed by atoms with van der Waals surface area (Å²) in [7, 11) is 0. The molecule has 1 aromatic heterocycles. The summed E-state index contributed by atoms with van der Waals surface area (Å²) in [5, 5.41) is 2.71. The molecule has 0 saturated carbocycles. The van der Waals surface area contributed by atoms with Gasteiger partial charge in [-0.2, -0.15) is 0 Å². The quantitative estimate of drug-likeness (QED) is 0.642. The minimum Gasteiger partial charge on any atom is -0.482 e. The van der Waals surface area contributed by atoms with Gasteiger partial charge in [-0.1, -0.05) is 0 Å². The van der Waals surface area contributed by atoms with E-state index in [-0.39, 0.29) is 23.9 Å². The predicted molar refractivity (Wildman–Crippen MR) is 73.3 cm³/mol. The van der Waals surface area contributed by atoms with Gasteiger partial charge in [-0.15, -0.1) is 0 Å². The number of nitrogen functional groups attached to an aromatic ring is 1. The van der Waals surface area contributed by atoms with Crippen molar-refractivity contribution in [3.8, 4) is 17.0 Å². The summed E-state index contributed by atoms with van der Waals surface area (Å²) in [6.07, 6.45) is 0. The second kappa shape index (κ2) is 4.30. The van der Waals surface area contributed by atoms with Gasteiger partial charge in [0.25, 0.3) is 11.8 Å². The first kappa shape index (κ1) is 12.1. The van der Waals surface area contributed by atoms with E-state index in [4.69, 9.17) is 16.2 Å². The second-order valence-electron chi connectivity index (χ2n) is 4.42. The van der Waals surface area contributed by atoms with Gasteiger partial charge >= 0.3 is 0 Å². The zero-order valence-electron chi connectivity index (χ0n) is 10.4. The summed E-state index contributed by atoms with van der Waals surface area (Å²) < 4.78 is 5.27. The fourth-order valence-corrected chi connectivity index (χ4v) is 2.08. The Labute approximate surface area is 113 Å². The van der Waals surface area contributed by atoms with Crippen molar-refractivity contribution in [1.82, 2.24) is 4.98 Å². The number of benzene rings is 1. The molecule has 3 rings (SSSR count). The van der Waals surface area contributed by atoms with Crippen LogP contribution in [0.25, 0.3) is 11.3 Å². The van der Waals surface area contributed by atoms with Gasteiger partial charge in [-0.3, -0.25) is 9.59 Å². The summed E-state index contributed by atoms with van der Waals surface area (Å²) in [5.41, 5.74) is 13.1. The number of H-pyrrole nitrogens is 1. The number of rotatable bonds is 2. The number of aromatic amines is 1. The molecule has 20 heavy (non-hydrogen) atoms. The fourth-order valence-electron chi connectivity index (χ4n) is 2.08. The van der Waals surface area contributed by atoms with Crippen molar-refractivity contribution in [1.29, 1.82) is 0 Å². The van der Waals surface area contributed by atoms with Crippen LogP contribution >= 0.6 is 0 Å². The molecular formula is C13H12N4O3. The Morgan fingerprint density at radius 3 is 2.80 bits per heavy atom. The third kappa shape index (κ3) is 1.95. The molecular weight excluding hydrogens is 260 g/mol. The topological polar surface area (TPSA) is 123 Å². The Morgan fingerprint density at radius 2 is 2.10 bits per heavy atom. The number of carbonyl (C=O) groups is 2. The maximum absolute atomic E-state index is 11.3. The monoisotopic (exact) mass is 272 g/mol. The minimum atomic E-state index is -0.598. The van der Waals surface area contributed by atoms with Crippen LogP contribution in [-0.2, 0) is 4.79 Å². The molecule has 2 amide bonds. The first-order valence-corrected chi connectivity index (χ1v) is 5.90. The van der Waals surface area contributed by atoms with Gasteiger partial charge < -0.3 is 26.5 Å². The molecule has 0 unspecified atom stereocenters. The molecule has 0 fully saturated rings. The van der Waals surface area contributed by atoms with Gasteiger partial charge in [-0.25, -0.2) is 0 Å². The molecule has 0 saturated heterocycles. The molecule has 2 heterocycles. The maximum Gasteiger partial charge on any atom is 0.262 e. The van der Waals surface area contributed by atoms with Crippen LogP contribution in [0, 0.1) is 0 Å². The first-order chi connectivity index (χ1) is 9.54. The number of fused-ring (bicyclic) bond motifs is 1. The Bertz CT molecular complexity index is 720. The largest absolute Gasteiger partial charge is 0.482 e. The Morgan fingerprint density at radius 1 is 1.30 bits per heavy atom. The number of ether oxygens (including phenoxy) is 1. The van der Waals surface area contributed by atoms with Crippen LogP contribution in [0.1, 0.15) is 10.4 Å². The summed E-state index contributed by atoms with van der Waals surface area (Å²) in [4.78, 5) is 25.4. The number of nitrogens with one attached hydrogen (secondary N) is 2. The third-order valence-corrected chi connectivity index (χ3v) is 3.04. The summed E-state index contributed by atoms with van der Waals surface area (Å²) in [5.74, 6) is 0.00609. The Kier molecular flexibility index (Phi) is 2.60. The van der Waals surface area contributed by atoms with Crippen molar-refractivity contribution < 1.29 is 14.3 Å². The highest BCUT2D eigenvalue weighted by Crippen LogP contribution is 2.33. The van der Waals surface area contributed by atoms with Crippen molar-refractivity contribution in [2.45, 2.75) is 0 Å². The summed E-state index contributed by atoms with van der Waals surface area (Å²) in [6.45, 7) is 0.00756. The number of hydrogen-bond acceptors (Lipinski definition) is 4. The van der Waals surface area contributed by atoms with Crippen molar-refractivity contribution in [3.63, 3.8) is 0 Å². The highest BCUT2D eigenvalue weighted by Gasteiger charge is 2.17. The molecule has 102 valence electrons. The van der Waals surface area contributed by atoms with Crippen molar-refractivity contribution in [2.24, 2.45) is 5.73 Å². The molecule has 0 bridgehead atoms. The number of primary amides is 1. The van der Waals surface area contributed by atoms with Crippen LogP contribution in [0.3, 0.4) is 0 Å². The molecule has 0 aliphatic carbocycles. The minimum absolute atomic E-state index is 0.00756. The number of amides is 2. The average Bonchev–Trinajstić information content (AvgIpc) is 2.80. The van der Waals surface area contributed by atoms with Crippen LogP contribution in [0.2, 0.25) is 0 Å². The lowest BCUT2D eigenvalue weighted by atomic mass is 10.1.